The number of rotatable bonds is 13. The topological polar surface area (TPSA) is 59.1 Å². The number of ether oxygens (including phenoxy) is 1. The zero-order valence-electron chi connectivity index (χ0n) is 20.3. The molecule has 0 aliphatic carbocycles. The molecule has 0 spiro atoms. The average Bonchev–Trinajstić information content (AvgIpc) is 2.83. The van der Waals surface area contributed by atoms with Crippen molar-refractivity contribution >= 4 is 23.1 Å². The zero-order chi connectivity index (χ0) is 25.1. The summed E-state index contributed by atoms with van der Waals surface area (Å²) in [7, 11) is 0. The van der Waals surface area contributed by atoms with Crippen LogP contribution in [0.4, 0.5) is 36.3 Å². The van der Waals surface area contributed by atoms with E-state index in [0.717, 1.165) is 62.5 Å². The number of nitrogens with one attached hydrogen (secondary N) is 2. The highest BCUT2D eigenvalue weighted by Gasteiger charge is 2.35. The van der Waals surface area contributed by atoms with Gasteiger partial charge in [-0.3, -0.25) is 0 Å². The lowest BCUT2D eigenvalue weighted by Crippen LogP contribution is -2.12. The molecule has 0 saturated carbocycles. The van der Waals surface area contributed by atoms with E-state index in [-0.39, 0.29) is 11.8 Å². The number of nitrogens with zero attached hydrogens (tertiary/aromatic N) is 2. The van der Waals surface area contributed by atoms with E-state index in [9.17, 15) is 13.2 Å². The third-order valence-corrected chi connectivity index (χ3v) is 5.51. The summed E-state index contributed by atoms with van der Waals surface area (Å²) in [6.07, 6.45) is 3.78. The highest BCUT2D eigenvalue weighted by molar-refractivity contribution is 5.63. The predicted molar refractivity (Wildman–Crippen MR) is 135 cm³/mol. The lowest BCUT2D eigenvalue weighted by Gasteiger charge is -2.15. The molecule has 5 nitrogen and oxygen atoms in total. The number of hydrogen-bond donors (Lipinski definition) is 2. The number of unbranched alkanes of at least 4 members (excludes halogenated alkanes) is 4. The first-order valence-electron chi connectivity index (χ1n) is 12.2. The Labute approximate surface area is 205 Å². The van der Waals surface area contributed by atoms with Gasteiger partial charge in [0.1, 0.15) is 17.1 Å². The first kappa shape index (κ1) is 26.3. The second-order valence-corrected chi connectivity index (χ2v) is 8.44. The smallest absolute Gasteiger partial charge is 0.421 e. The van der Waals surface area contributed by atoms with Crippen LogP contribution < -0.4 is 15.4 Å². The van der Waals surface area contributed by atoms with E-state index in [0.29, 0.717) is 18.0 Å². The number of hydrogen-bond acceptors (Lipinski definition) is 5. The molecule has 0 radical (unpaired) electrons. The second-order valence-electron chi connectivity index (χ2n) is 8.44. The van der Waals surface area contributed by atoms with Crippen LogP contribution in [-0.2, 0) is 12.6 Å². The molecule has 0 bridgehead atoms. The maximum Gasteiger partial charge on any atom is 0.421 e. The van der Waals surface area contributed by atoms with Crippen molar-refractivity contribution < 1.29 is 17.9 Å². The number of benzene rings is 2. The Kier molecular flexibility index (Phi) is 9.76. The first-order valence-corrected chi connectivity index (χ1v) is 12.2. The maximum atomic E-state index is 13.6. The standard InChI is InChI=1S/C27H33F3N4O/c1-3-5-7-9-20-10-12-21(13-11-20)32-25-24(27(28,29)30)19-31-26(34-25)33-22-14-16-23(17-15-22)35-18-8-6-4-2/h10-17,19H,3-9,18H2,1-2H3,(H2,31,32,33,34). The Balaban J connectivity index is 1.70. The average molecular weight is 487 g/mol. The SMILES string of the molecule is CCCCCOc1ccc(Nc2ncc(C(F)(F)F)c(Nc3ccc(CCCCC)cc3)n2)cc1. The van der Waals surface area contributed by atoms with Crippen molar-refractivity contribution in [1.29, 1.82) is 0 Å². The van der Waals surface area contributed by atoms with Crippen molar-refractivity contribution in [2.45, 2.75) is 65.0 Å². The van der Waals surface area contributed by atoms with Crippen LogP contribution in [0.1, 0.15) is 63.5 Å². The van der Waals surface area contributed by atoms with Crippen LogP contribution >= 0.6 is 0 Å². The molecule has 0 atom stereocenters. The number of alkyl halides is 3. The molecule has 0 unspecified atom stereocenters. The van der Waals surface area contributed by atoms with Gasteiger partial charge in [-0.2, -0.15) is 18.2 Å². The van der Waals surface area contributed by atoms with E-state index >= 15 is 0 Å². The van der Waals surface area contributed by atoms with Crippen LogP contribution in [0.25, 0.3) is 0 Å². The van der Waals surface area contributed by atoms with E-state index in [1.54, 1.807) is 36.4 Å². The molecule has 2 N–H and O–H groups in total. The summed E-state index contributed by atoms with van der Waals surface area (Å²) in [5.41, 5.74) is 1.41. The van der Waals surface area contributed by atoms with Gasteiger partial charge in [-0.15, -0.1) is 0 Å². The maximum absolute atomic E-state index is 13.6. The molecule has 1 aromatic heterocycles. The molecule has 3 rings (SSSR count). The lowest BCUT2D eigenvalue weighted by molar-refractivity contribution is -0.137. The molecule has 8 heteroatoms. The molecule has 188 valence electrons. The number of anilines is 4. The van der Waals surface area contributed by atoms with Crippen molar-refractivity contribution in [2.24, 2.45) is 0 Å². The molecular weight excluding hydrogens is 453 g/mol. The fourth-order valence-electron chi connectivity index (χ4n) is 3.52. The van der Waals surface area contributed by atoms with Crippen molar-refractivity contribution in [3.63, 3.8) is 0 Å². The molecule has 3 aromatic rings. The minimum absolute atomic E-state index is 0.0632. The summed E-state index contributed by atoms with van der Waals surface area (Å²) in [6, 6.07) is 14.6. The number of aryl methyl sites for hydroxylation is 1. The summed E-state index contributed by atoms with van der Waals surface area (Å²) >= 11 is 0. The predicted octanol–water partition coefficient (Wildman–Crippen LogP) is 8.28. The molecular formula is C27H33F3N4O. The summed E-state index contributed by atoms with van der Waals surface area (Å²) in [6.45, 7) is 4.93. The van der Waals surface area contributed by atoms with Crippen molar-refractivity contribution in [2.75, 3.05) is 17.2 Å². The van der Waals surface area contributed by atoms with Gasteiger partial charge in [0.2, 0.25) is 5.95 Å². The highest BCUT2D eigenvalue weighted by Crippen LogP contribution is 2.35. The minimum Gasteiger partial charge on any atom is -0.494 e. The molecule has 35 heavy (non-hydrogen) atoms. The van der Waals surface area contributed by atoms with Gasteiger partial charge in [-0.25, -0.2) is 4.98 Å². The molecule has 0 aliphatic rings. The summed E-state index contributed by atoms with van der Waals surface area (Å²) in [5.74, 6) is 0.499. The Hall–Kier alpha value is -3.29. The van der Waals surface area contributed by atoms with Crippen LogP contribution in [0.5, 0.6) is 5.75 Å². The summed E-state index contributed by atoms with van der Waals surface area (Å²) in [5, 5.41) is 5.78. The monoisotopic (exact) mass is 486 g/mol. The highest BCUT2D eigenvalue weighted by atomic mass is 19.4. The molecule has 1 heterocycles. The number of aromatic nitrogens is 2. The van der Waals surface area contributed by atoms with Gasteiger partial charge < -0.3 is 15.4 Å². The van der Waals surface area contributed by atoms with Gasteiger partial charge in [-0.05, 0) is 61.2 Å². The zero-order valence-corrected chi connectivity index (χ0v) is 20.3. The van der Waals surface area contributed by atoms with Gasteiger partial charge in [0.15, 0.2) is 0 Å². The number of halogens is 3. The van der Waals surface area contributed by atoms with Gasteiger partial charge >= 0.3 is 6.18 Å². The quantitative estimate of drug-likeness (QED) is 0.238. The van der Waals surface area contributed by atoms with Crippen LogP contribution in [0, 0.1) is 0 Å². The van der Waals surface area contributed by atoms with Gasteiger partial charge in [-0.1, -0.05) is 51.7 Å². The minimum atomic E-state index is -4.59. The van der Waals surface area contributed by atoms with Gasteiger partial charge in [0, 0.05) is 17.6 Å². The normalized spacial score (nSPS) is 11.3. The molecule has 0 saturated heterocycles. The molecule has 0 amide bonds. The molecule has 0 aliphatic heterocycles. The largest absolute Gasteiger partial charge is 0.494 e. The Morgan fingerprint density at radius 3 is 2.09 bits per heavy atom. The molecule has 2 aromatic carbocycles. The first-order chi connectivity index (χ1) is 16.9. The van der Waals surface area contributed by atoms with Gasteiger partial charge in [0.05, 0.1) is 6.61 Å². The van der Waals surface area contributed by atoms with Crippen LogP contribution in [-0.4, -0.2) is 16.6 Å². The van der Waals surface area contributed by atoms with Crippen molar-refractivity contribution in [3.05, 3.63) is 65.9 Å². The van der Waals surface area contributed by atoms with Crippen LogP contribution in [0.15, 0.2) is 54.7 Å². The van der Waals surface area contributed by atoms with Crippen molar-refractivity contribution in [1.82, 2.24) is 9.97 Å². The Morgan fingerprint density at radius 1 is 0.800 bits per heavy atom. The fourth-order valence-corrected chi connectivity index (χ4v) is 3.52. The Bertz CT molecular complexity index is 1040. The van der Waals surface area contributed by atoms with Crippen molar-refractivity contribution in [3.8, 4) is 5.75 Å². The van der Waals surface area contributed by atoms with Crippen LogP contribution in [0.2, 0.25) is 0 Å². The van der Waals surface area contributed by atoms with E-state index in [4.69, 9.17) is 4.74 Å². The van der Waals surface area contributed by atoms with Crippen LogP contribution in [0.3, 0.4) is 0 Å². The second kappa shape index (κ2) is 13.0. The van der Waals surface area contributed by atoms with E-state index < -0.39 is 11.7 Å². The third-order valence-electron chi connectivity index (χ3n) is 5.51. The van der Waals surface area contributed by atoms with E-state index in [1.807, 2.05) is 12.1 Å². The van der Waals surface area contributed by atoms with E-state index in [2.05, 4.69) is 34.4 Å². The molecule has 0 fully saturated rings. The van der Waals surface area contributed by atoms with E-state index in [1.165, 1.54) is 0 Å². The fraction of sp³-hybridized carbons (Fsp3) is 0.407. The van der Waals surface area contributed by atoms with Gasteiger partial charge in [0.25, 0.3) is 0 Å². The Morgan fingerprint density at radius 2 is 1.43 bits per heavy atom. The summed E-state index contributed by atoms with van der Waals surface area (Å²) in [4.78, 5) is 8.00. The third kappa shape index (κ3) is 8.46. The lowest BCUT2D eigenvalue weighted by atomic mass is 10.1. The summed E-state index contributed by atoms with van der Waals surface area (Å²) < 4.78 is 46.5.